The molecule has 56 heavy (non-hydrogen) atoms. The molecule has 5 heterocycles. The maximum absolute atomic E-state index is 17.4. The Kier molecular flexibility index (Phi) is 9.47. The van der Waals surface area contributed by atoms with E-state index in [0.717, 1.165) is 70.9 Å². The number of terminal acetylenes is 1. The molecule has 3 saturated heterocycles. The summed E-state index contributed by atoms with van der Waals surface area (Å²) in [5.74, 6) is 0.970. The van der Waals surface area contributed by atoms with Crippen LogP contribution in [0.1, 0.15) is 76.7 Å². The van der Waals surface area contributed by atoms with E-state index >= 15 is 8.78 Å². The number of aliphatic hydroxyl groups is 1. The van der Waals surface area contributed by atoms with Gasteiger partial charge in [-0.25, -0.2) is 13.8 Å². The maximum Gasteiger partial charge on any atom is 0.319 e. The van der Waals surface area contributed by atoms with Gasteiger partial charge in [0.1, 0.15) is 39.6 Å². The molecule has 9 rings (SSSR count). The Bertz CT molecular complexity index is 2220. The van der Waals surface area contributed by atoms with E-state index in [1.165, 1.54) is 37.8 Å². The van der Waals surface area contributed by atoms with Crippen LogP contribution in [0.3, 0.4) is 0 Å². The number of methoxy groups -OCH3 is 1. The number of phenols is 1. The monoisotopic (exact) mass is 769 g/mol. The summed E-state index contributed by atoms with van der Waals surface area (Å²) in [6.45, 7) is 4.87. The first kappa shape index (κ1) is 37.2. The lowest BCUT2D eigenvalue weighted by molar-refractivity contribution is -0.175. The predicted molar refractivity (Wildman–Crippen MR) is 207 cm³/mol. The molecule has 0 bridgehead atoms. The van der Waals surface area contributed by atoms with Crippen molar-refractivity contribution in [2.24, 2.45) is 5.41 Å². The van der Waals surface area contributed by atoms with Gasteiger partial charge in [-0.2, -0.15) is 9.97 Å². The zero-order valence-electron chi connectivity index (χ0n) is 32.1. The Morgan fingerprint density at radius 1 is 1.00 bits per heavy atom. The summed E-state index contributed by atoms with van der Waals surface area (Å²) >= 11 is 0. The van der Waals surface area contributed by atoms with Gasteiger partial charge < -0.3 is 34.1 Å². The van der Waals surface area contributed by atoms with Crippen LogP contribution in [0.15, 0.2) is 24.3 Å². The summed E-state index contributed by atoms with van der Waals surface area (Å²) < 4.78 is 56.7. The SMILES string of the molecule is C#Cc1c(F)ccc2cc(O)cc(-c3nc(OC)c4c(N5CCOCC(C)(O)C5)nc(OCC56CCCC5N(C5CCC7(CCO7)CC5)CCC6)nc4c3F)c12. The number of rotatable bonds is 7. The van der Waals surface area contributed by atoms with Crippen molar-refractivity contribution in [1.82, 2.24) is 19.9 Å². The number of pyridine rings is 1. The van der Waals surface area contributed by atoms with E-state index in [2.05, 4.69) is 15.8 Å². The molecular formula is C43H49F2N5O6. The van der Waals surface area contributed by atoms with Gasteiger partial charge in [-0.1, -0.05) is 18.4 Å². The normalized spacial score (nSPS) is 29.5. The van der Waals surface area contributed by atoms with Crippen molar-refractivity contribution in [2.75, 3.05) is 58.1 Å². The van der Waals surface area contributed by atoms with Crippen LogP contribution in [0.2, 0.25) is 0 Å². The molecule has 13 heteroatoms. The lowest BCUT2D eigenvalue weighted by Crippen LogP contribution is -2.58. The molecule has 4 aromatic rings. The van der Waals surface area contributed by atoms with Crippen molar-refractivity contribution >= 4 is 27.5 Å². The molecule has 1 spiro atoms. The number of hydrogen-bond acceptors (Lipinski definition) is 11. The fourth-order valence-electron chi connectivity index (χ4n) is 10.5. The number of nitrogens with zero attached hydrogens (tertiary/aromatic N) is 5. The Balaban J connectivity index is 1.13. The van der Waals surface area contributed by atoms with E-state index in [1.54, 1.807) is 6.92 Å². The molecule has 0 radical (unpaired) electrons. The highest BCUT2D eigenvalue weighted by atomic mass is 19.1. The fraction of sp³-hybridized carbons (Fsp3) is 0.558. The standard InChI is InChI=1S/C43H49F2N5O6/c1-4-29-31(44)9-8-26-21-28(51)22-30(33(26)29)36-35(45)37-34(39(46-36)53-3)38(49-18-20-54-24-41(2,52)23-49)48-40(47-37)55-25-42-12-5-7-32(42)50(17-6-13-42)27-10-14-43(15-11-27)16-19-56-43/h1,8-9,21-22,27,32,51-52H,5-7,10-20,23-25H2,2-3H3. The number of benzene rings is 2. The average Bonchev–Trinajstić information content (AvgIpc) is 3.53. The molecule has 2 aromatic heterocycles. The lowest BCUT2D eigenvalue weighted by atomic mass is 9.72. The van der Waals surface area contributed by atoms with Gasteiger partial charge in [0, 0.05) is 35.0 Å². The Hall–Kier alpha value is -4.35. The molecule has 2 aliphatic carbocycles. The van der Waals surface area contributed by atoms with Crippen molar-refractivity contribution in [2.45, 2.75) is 94.4 Å². The maximum atomic E-state index is 17.4. The third-order valence-corrected chi connectivity index (χ3v) is 13.2. The largest absolute Gasteiger partial charge is 0.508 e. The number of phenolic OH excluding ortho intramolecular Hbond substituents is 1. The van der Waals surface area contributed by atoms with E-state index in [1.807, 2.05) is 4.90 Å². The van der Waals surface area contributed by atoms with E-state index in [-0.39, 0.29) is 80.7 Å². The minimum Gasteiger partial charge on any atom is -0.508 e. The first-order valence-corrected chi connectivity index (χ1v) is 20.0. The topological polar surface area (TPSA) is 123 Å². The number of aromatic hydroxyl groups is 1. The van der Waals surface area contributed by atoms with E-state index < -0.39 is 17.2 Å². The van der Waals surface area contributed by atoms with Gasteiger partial charge >= 0.3 is 6.01 Å². The molecule has 11 nitrogen and oxygen atoms in total. The molecule has 5 fully saturated rings. The van der Waals surface area contributed by atoms with Gasteiger partial charge in [-0.3, -0.25) is 4.90 Å². The summed E-state index contributed by atoms with van der Waals surface area (Å²) in [6, 6.07) is 6.31. The molecular weight excluding hydrogens is 720 g/mol. The third kappa shape index (κ3) is 6.39. The van der Waals surface area contributed by atoms with Crippen molar-refractivity contribution in [1.29, 1.82) is 0 Å². The Labute approximate surface area is 325 Å². The molecule has 3 atom stereocenters. The first-order valence-electron chi connectivity index (χ1n) is 20.0. The quantitative estimate of drug-likeness (QED) is 0.200. The summed E-state index contributed by atoms with van der Waals surface area (Å²) in [5, 5.41) is 22.8. The fourth-order valence-corrected chi connectivity index (χ4v) is 10.5. The molecule has 0 amide bonds. The molecule has 296 valence electrons. The van der Waals surface area contributed by atoms with Crippen LogP contribution in [0, 0.1) is 29.4 Å². The van der Waals surface area contributed by atoms with Gasteiger partial charge in [-0.15, -0.1) is 6.42 Å². The molecule has 3 aliphatic heterocycles. The minimum atomic E-state index is -1.24. The second kappa shape index (κ2) is 14.2. The molecule has 3 unspecified atom stereocenters. The van der Waals surface area contributed by atoms with E-state index in [0.29, 0.717) is 37.2 Å². The van der Waals surface area contributed by atoms with Crippen LogP contribution in [0.4, 0.5) is 14.6 Å². The zero-order chi connectivity index (χ0) is 38.8. The number of piperidine rings is 1. The highest BCUT2D eigenvalue weighted by Gasteiger charge is 2.52. The Morgan fingerprint density at radius 2 is 1.80 bits per heavy atom. The van der Waals surface area contributed by atoms with E-state index in [4.69, 9.17) is 35.3 Å². The predicted octanol–water partition coefficient (Wildman–Crippen LogP) is 6.52. The highest BCUT2D eigenvalue weighted by molar-refractivity contribution is 6.04. The van der Waals surface area contributed by atoms with Gasteiger partial charge in [0.2, 0.25) is 5.88 Å². The Morgan fingerprint density at radius 3 is 2.55 bits per heavy atom. The smallest absolute Gasteiger partial charge is 0.319 e. The van der Waals surface area contributed by atoms with Crippen LogP contribution in [-0.4, -0.2) is 107 Å². The highest BCUT2D eigenvalue weighted by Crippen LogP contribution is 2.51. The summed E-state index contributed by atoms with van der Waals surface area (Å²) in [5.41, 5.74) is -1.62. The van der Waals surface area contributed by atoms with Crippen molar-refractivity contribution in [3.05, 3.63) is 41.5 Å². The summed E-state index contributed by atoms with van der Waals surface area (Å²) in [7, 11) is 1.41. The number of fused-ring (bicyclic) bond motifs is 3. The number of likely N-dealkylation sites (tertiary alicyclic amines) is 1. The van der Waals surface area contributed by atoms with Crippen LogP contribution in [0.5, 0.6) is 17.6 Å². The number of halogens is 2. The van der Waals surface area contributed by atoms with Crippen LogP contribution in [0.25, 0.3) is 32.9 Å². The number of hydrogen-bond donors (Lipinski definition) is 2. The zero-order valence-corrected chi connectivity index (χ0v) is 32.1. The summed E-state index contributed by atoms with van der Waals surface area (Å²) in [4.78, 5) is 18.8. The molecule has 5 aliphatic rings. The van der Waals surface area contributed by atoms with Gasteiger partial charge in [0.05, 0.1) is 51.2 Å². The van der Waals surface area contributed by atoms with Gasteiger partial charge in [0.15, 0.2) is 5.82 Å². The van der Waals surface area contributed by atoms with Crippen LogP contribution in [-0.2, 0) is 9.47 Å². The number of ether oxygens (including phenoxy) is 4. The lowest BCUT2D eigenvalue weighted by Gasteiger charge is -2.53. The second-order valence-corrected chi connectivity index (χ2v) is 16.9. The van der Waals surface area contributed by atoms with Crippen molar-refractivity contribution in [3.63, 3.8) is 0 Å². The summed E-state index contributed by atoms with van der Waals surface area (Å²) in [6.07, 6.45) is 16.8. The number of β-amino-alcohol motifs (C(OH)–C–C–N with tert-alkyl or cyclic N) is 1. The van der Waals surface area contributed by atoms with Crippen molar-refractivity contribution in [3.8, 4) is 41.2 Å². The van der Waals surface area contributed by atoms with Gasteiger partial charge in [-0.05, 0) is 94.8 Å². The minimum absolute atomic E-state index is 0.00292. The van der Waals surface area contributed by atoms with Crippen LogP contribution < -0.4 is 14.4 Å². The second-order valence-electron chi connectivity index (χ2n) is 16.9. The molecule has 2 aromatic carbocycles. The van der Waals surface area contributed by atoms with E-state index in [9.17, 15) is 10.2 Å². The number of aromatic nitrogens is 3. The number of anilines is 1. The molecule has 2 N–H and O–H groups in total. The molecule has 2 saturated carbocycles. The van der Waals surface area contributed by atoms with Crippen molar-refractivity contribution < 1.29 is 37.9 Å². The van der Waals surface area contributed by atoms with Crippen LogP contribution >= 0.6 is 0 Å². The third-order valence-electron chi connectivity index (χ3n) is 13.2. The first-order chi connectivity index (χ1) is 27.0. The average molecular weight is 770 g/mol. The van der Waals surface area contributed by atoms with Gasteiger partial charge in [0.25, 0.3) is 0 Å².